The van der Waals surface area contributed by atoms with Gasteiger partial charge in [-0.3, -0.25) is 9.69 Å². The second-order valence-electron chi connectivity index (χ2n) is 3.05. The number of hydrogen-bond acceptors (Lipinski definition) is 2. The van der Waals surface area contributed by atoms with Crippen LogP contribution in [0.25, 0.3) is 0 Å². The number of rotatable bonds is 0. The van der Waals surface area contributed by atoms with Crippen LogP contribution < -0.4 is 4.90 Å². The van der Waals surface area contributed by atoms with E-state index in [1.165, 1.54) is 6.92 Å². The van der Waals surface area contributed by atoms with Gasteiger partial charge in [0.15, 0.2) is 0 Å². The van der Waals surface area contributed by atoms with Gasteiger partial charge in [0.05, 0.1) is 10.7 Å². The van der Waals surface area contributed by atoms with Crippen LogP contribution in [-0.4, -0.2) is 10.9 Å². The summed E-state index contributed by atoms with van der Waals surface area (Å²) < 4.78 is 0. The molecule has 0 saturated carbocycles. The first kappa shape index (κ1) is 8.38. The van der Waals surface area contributed by atoms with Gasteiger partial charge in [-0.15, -0.1) is 0 Å². The smallest absolute Gasteiger partial charge is 0.228 e. The van der Waals surface area contributed by atoms with Crippen LogP contribution in [0.2, 0.25) is 0 Å². The molecule has 1 aliphatic heterocycles. The normalized spacial score (nSPS) is 14.5. The topological polar surface area (TPSA) is 20.3 Å². The van der Waals surface area contributed by atoms with Crippen LogP contribution in [0.15, 0.2) is 24.3 Å². The summed E-state index contributed by atoms with van der Waals surface area (Å²) in [7, 11) is 0. The summed E-state index contributed by atoms with van der Waals surface area (Å²) in [5.41, 5.74) is 2.09. The number of hydrogen-bond donors (Lipinski definition) is 0. The van der Waals surface area contributed by atoms with Crippen LogP contribution >= 0.6 is 12.2 Å². The third-order valence-electron chi connectivity index (χ3n) is 2.14. The number of carbonyl (C=O) groups excluding carboxylic acids is 1. The van der Waals surface area contributed by atoms with Gasteiger partial charge in [-0.1, -0.05) is 30.4 Å². The molecule has 0 aliphatic carbocycles. The zero-order chi connectivity index (χ0) is 9.42. The van der Waals surface area contributed by atoms with E-state index < -0.39 is 0 Å². The van der Waals surface area contributed by atoms with Gasteiger partial charge in [0.1, 0.15) is 0 Å². The van der Waals surface area contributed by atoms with E-state index in [4.69, 9.17) is 12.2 Å². The van der Waals surface area contributed by atoms with Gasteiger partial charge in [0.2, 0.25) is 5.91 Å². The second-order valence-corrected chi connectivity index (χ2v) is 3.52. The molecule has 2 nitrogen and oxygen atoms in total. The zero-order valence-corrected chi connectivity index (χ0v) is 8.10. The number of anilines is 1. The van der Waals surface area contributed by atoms with E-state index in [1.54, 1.807) is 4.90 Å². The summed E-state index contributed by atoms with van der Waals surface area (Å²) in [6, 6.07) is 7.81. The number of para-hydroxylation sites is 1. The molecule has 1 aromatic rings. The molecule has 1 aliphatic rings. The zero-order valence-electron chi connectivity index (χ0n) is 7.28. The van der Waals surface area contributed by atoms with Crippen LogP contribution in [0.3, 0.4) is 0 Å². The Morgan fingerprint density at radius 1 is 1.46 bits per heavy atom. The lowest BCUT2D eigenvalue weighted by Gasteiger charge is -2.14. The average Bonchev–Trinajstić information content (AvgIpc) is 2.39. The molecule has 1 amide bonds. The van der Waals surface area contributed by atoms with E-state index in [0.29, 0.717) is 11.4 Å². The Hall–Kier alpha value is -1.22. The highest BCUT2D eigenvalue weighted by Crippen LogP contribution is 2.28. The molecule has 0 bridgehead atoms. The minimum atomic E-state index is -0.00468. The minimum absolute atomic E-state index is 0.00468. The van der Waals surface area contributed by atoms with Crippen LogP contribution in [0.4, 0.5) is 5.69 Å². The highest BCUT2D eigenvalue weighted by atomic mass is 32.1. The number of nitrogens with zero attached hydrogens (tertiary/aromatic N) is 1. The standard InChI is InChI=1S/C10H9NOS/c1-7(12)11-9-5-3-2-4-8(9)6-10(11)13/h2-5H,6H2,1H3. The summed E-state index contributed by atoms with van der Waals surface area (Å²) in [5, 5.41) is 0. The lowest BCUT2D eigenvalue weighted by Crippen LogP contribution is -2.29. The van der Waals surface area contributed by atoms with E-state index in [9.17, 15) is 4.79 Å². The number of fused-ring (bicyclic) bond motifs is 1. The molecule has 1 heterocycles. The second kappa shape index (κ2) is 2.92. The van der Waals surface area contributed by atoms with Crippen molar-refractivity contribution >= 4 is 28.8 Å². The Morgan fingerprint density at radius 2 is 2.15 bits per heavy atom. The highest BCUT2D eigenvalue weighted by Gasteiger charge is 2.26. The van der Waals surface area contributed by atoms with E-state index in [1.807, 2.05) is 24.3 Å². The van der Waals surface area contributed by atoms with Gasteiger partial charge in [-0.05, 0) is 11.6 Å². The van der Waals surface area contributed by atoms with Crippen molar-refractivity contribution < 1.29 is 4.79 Å². The summed E-state index contributed by atoms with van der Waals surface area (Å²) in [6.45, 7) is 1.54. The molecule has 0 saturated heterocycles. The van der Waals surface area contributed by atoms with Gasteiger partial charge in [-0.25, -0.2) is 0 Å². The third kappa shape index (κ3) is 1.25. The van der Waals surface area contributed by atoms with Crippen molar-refractivity contribution in [1.82, 2.24) is 0 Å². The first-order chi connectivity index (χ1) is 6.20. The SMILES string of the molecule is CC(=O)N1C(=S)Cc2ccccc21. The summed E-state index contributed by atoms with van der Waals surface area (Å²) in [6.07, 6.45) is 0.713. The molecule has 0 unspecified atom stereocenters. The molecule has 13 heavy (non-hydrogen) atoms. The maximum atomic E-state index is 11.3. The molecule has 0 N–H and O–H groups in total. The fraction of sp³-hybridized carbons (Fsp3) is 0.200. The lowest BCUT2D eigenvalue weighted by molar-refractivity contribution is -0.115. The quantitative estimate of drug-likeness (QED) is 0.584. The molecule has 2 rings (SSSR count). The third-order valence-corrected chi connectivity index (χ3v) is 2.47. The molecule has 0 aromatic heterocycles. The van der Waals surface area contributed by atoms with Gasteiger partial charge in [-0.2, -0.15) is 0 Å². The van der Waals surface area contributed by atoms with Gasteiger partial charge >= 0.3 is 0 Å². The monoisotopic (exact) mass is 191 g/mol. The Balaban J connectivity index is 2.52. The Kier molecular flexibility index (Phi) is 1.88. The molecule has 3 heteroatoms. The predicted molar refractivity (Wildman–Crippen MR) is 55.9 cm³/mol. The first-order valence-corrected chi connectivity index (χ1v) is 4.52. The Bertz CT molecular complexity index is 386. The van der Waals surface area contributed by atoms with E-state index >= 15 is 0 Å². The van der Waals surface area contributed by atoms with Gasteiger partial charge < -0.3 is 0 Å². The highest BCUT2D eigenvalue weighted by molar-refractivity contribution is 7.80. The molecule has 0 radical (unpaired) electrons. The number of amides is 1. The number of benzene rings is 1. The molecular weight excluding hydrogens is 182 g/mol. The predicted octanol–water partition coefficient (Wildman–Crippen LogP) is 1.92. The van der Waals surface area contributed by atoms with Gasteiger partial charge in [0.25, 0.3) is 0 Å². The largest absolute Gasteiger partial charge is 0.274 e. The fourth-order valence-corrected chi connectivity index (χ4v) is 1.98. The summed E-state index contributed by atoms with van der Waals surface area (Å²) >= 11 is 5.13. The molecule has 0 fully saturated rings. The van der Waals surface area contributed by atoms with E-state index in [0.717, 1.165) is 11.3 Å². The van der Waals surface area contributed by atoms with Crippen molar-refractivity contribution in [2.75, 3.05) is 4.90 Å². The van der Waals surface area contributed by atoms with Gasteiger partial charge in [0, 0.05) is 13.3 Å². The van der Waals surface area contributed by atoms with Crippen LogP contribution in [-0.2, 0) is 11.2 Å². The Labute approximate surface area is 82.2 Å². The Morgan fingerprint density at radius 3 is 2.85 bits per heavy atom. The maximum absolute atomic E-state index is 11.3. The molecule has 1 aromatic carbocycles. The van der Waals surface area contributed by atoms with E-state index in [2.05, 4.69) is 0 Å². The molecular formula is C10H9NOS. The maximum Gasteiger partial charge on any atom is 0.228 e. The molecule has 66 valence electrons. The summed E-state index contributed by atoms with van der Waals surface area (Å²) in [4.78, 5) is 13.6. The number of carbonyl (C=O) groups is 1. The van der Waals surface area contributed by atoms with Crippen molar-refractivity contribution in [2.24, 2.45) is 0 Å². The number of thiocarbonyl (C=S) groups is 1. The summed E-state index contributed by atoms with van der Waals surface area (Å²) in [5.74, 6) is -0.00468. The van der Waals surface area contributed by atoms with E-state index in [-0.39, 0.29) is 5.91 Å². The van der Waals surface area contributed by atoms with Crippen molar-refractivity contribution in [3.63, 3.8) is 0 Å². The van der Waals surface area contributed by atoms with Crippen LogP contribution in [0, 0.1) is 0 Å². The van der Waals surface area contributed by atoms with Crippen molar-refractivity contribution in [3.05, 3.63) is 29.8 Å². The first-order valence-electron chi connectivity index (χ1n) is 4.11. The van der Waals surface area contributed by atoms with Crippen molar-refractivity contribution in [3.8, 4) is 0 Å². The molecule has 0 atom stereocenters. The average molecular weight is 191 g/mol. The fourth-order valence-electron chi connectivity index (χ4n) is 1.60. The van der Waals surface area contributed by atoms with Crippen molar-refractivity contribution in [2.45, 2.75) is 13.3 Å². The van der Waals surface area contributed by atoms with Crippen LogP contribution in [0.1, 0.15) is 12.5 Å². The molecule has 0 spiro atoms. The minimum Gasteiger partial charge on any atom is -0.274 e. The van der Waals surface area contributed by atoms with Crippen molar-refractivity contribution in [1.29, 1.82) is 0 Å². The van der Waals surface area contributed by atoms with Crippen LogP contribution in [0.5, 0.6) is 0 Å². The lowest BCUT2D eigenvalue weighted by atomic mass is 10.2.